The lowest BCUT2D eigenvalue weighted by Gasteiger charge is -2.18. The van der Waals surface area contributed by atoms with Crippen molar-refractivity contribution in [3.63, 3.8) is 0 Å². The predicted molar refractivity (Wildman–Crippen MR) is 120 cm³/mol. The van der Waals surface area contributed by atoms with Crippen LogP contribution >= 0.6 is 11.3 Å². The molecule has 0 saturated carbocycles. The van der Waals surface area contributed by atoms with Crippen LogP contribution in [0.25, 0.3) is 0 Å². The van der Waals surface area contributed by atoms with Gasteiger partial charge in [0.15, 0.2) is 9.84 Å². The first-order valence-electron chi connectivity index (χ1n) is 10.2. The van der Waals surface area contributed by atoms with Gasteiger partial charge in [-0.05, 0) is 56.6 Å². The Balaban J connectivity index is 1.48. The maximum atomic E-state index is 14.5. The largest absolute Gasteiger partial charge is 0.366 e. The molecule has 6 nitrogen and oxygen atoms in total. The van der Waals surface area contributed by atoms with E-state index >= 15 is 0 Å². The topological polar surface area (TPSA) is 75.2 Å². The van der Waals surface area contributed by atoms with Crippen molar-refractivity contribution in [3.05, 3.63) is 69.6 Å². The highest BCUT2D eigenvalue weighted by Crippen LogP contribution is 2.23. The molecule has 0 unspecified atom stereocenters. The third kappa shape index (κ3) is 5.28. The SMILES string of the molecule is Cc1nc(NCc2c(F)cccc2CN2CCCC2)ccc1S(=O)(=O)Cc1cscn1. The van der Waals surface area contributed by atoms with E-state index in [0.717, 1.165) is 25.2 Å². The first-order chi connectivity index (χ1) is 14.9. The minimum absolute atomic E-state index is 0.152. The highest BCUT2D eigenvalue weighted by atomic mass is 32.2. The summed E-state index contributed by atoms with van der Waals surface area (Å²) in [5.74, 6) is 0.116. The van der Waals surface area contributed by atoms with Crippen LogP contribution in [-0.4, -0.2) is 36.4 Å². The zero-order valence-electron chi connectivity index (χ0n) is 17.3. The normalized spacial score (nSPS) is 14.8. The highest BCUT2D eigenvalue weighted by molar-refractivity contribution is 7.90. The molecule has 31 heavy (non-hydrogen) atoms. The number of nitrogens with one attached hydrogen (secondary N) is 1. The van der Waals surface area contributed by atoms with Crippen LogP contribution in [0.2, 0.25) is 0 Å². The molecular weight excluding hydrogens is 435 g/mol. The van der Waals surface area contributed by atoms with Gasteiger partial charge >= 0.3 is 0 Å². The number of halogens is 1. The highest BCUT2D eigenvalue weighted by Gasteiger charge is 2.20. The molecule has 1 fully saturated rings. The standard InChI is InChI=1S/C22H25FN4O2S2/c1-16-21(31(28,29)14-18-13-30-15-25-18)7-8-22(26-16)24-11-19-17(5-4-6-20(19)23)12-27-9-2-3-10-27/h4-8,13,15H,2-3,9-12,14H2,1H3,(H,24,26). The lowest BCUT2D eigenvalue weighted by Crippen LogP contribution is -2.20. The van der Waals surface area contributed by atoms with E-state index < -0.39 is 9.84 Å². The fraction of sp³-hybridized carbons (Fsp3) is 0.364. The fourth-order valence-corrected chi connectivity index (χ4v) is 6.00. The zero-order valence-corrected chi connectivity index (χ0v) is 19.0. The number of sulfone groups is 1. The molecule has 3 heterocycles. The van der Waals surface area contributed by atoms with Crippen LogP contribution in [0, 0.1) is 12.7 Å². The van der Waals surface area contributed by atoms with Gasteiger partial charge in [0.05, 0.1) is 27.5 Å². The van der Waals surface area contributed by atoms with Crippen molar-refractivity contribution in [3.8, 4) is 0 Å². The van der Waals surface area contributed by atoms with Crippen molar-refractivity contribution in [2.45, 2.75) is 43.5 Å². The van der Waals surface area contributed by atoms with Gasteiger partial charge in [0.25, 0.3) is 0 Å². The third-order valence-electron chi connectivity index (χ3n) is 5.45. The van der Waals surface area contributed by atoms with Crippen molar-refractivity contribution >= 4 is 27.0 Å². The molecule has 164 valence electrons. The van der Waals surface area contributed by atoms with Gasteiger partial charge in [-0.1, -0.05) is 12.1 Å². The molecule has 1 aromatic carbocycles. The summed E-state index contributed by atoms with van der Waals surface area (Å²) >= 11 is 1.36. The van der Waals surface area contributed by atoms with E-state index in [1.54, 1.807) is 36.0 Å². The van der Waals surface area contributed by atoms with E-state index in [0.29, 0.717) is 22.8 Å². The first-order valence-corrected chi connectivity index (χ1v) is 12.8. The number of likely N-dealkylation sites (tertiary alicyclic amines) is 1. The Bertz CT molecular complexity index is 1140. The minimum atomic E-state index is -3.54. The van der Waals surface area contributed by atoms with E-state index in [2.05, 4.69) is 20.2 Å². The average Bonchev–Trinajstić information content (AvgIpc) is 3.41. The number of anilines is 1. The molecule has 9 heteroatoms. The van der Waals surface area contributed by atoms with E-state index in [9.17, 15) is 12.8 Å². The van der Waals surface area contributed by atoms with E-state index in [-0.39, 0.29) is 23.0 Å². The monoisotopic (exact) mass is 460 g/mol. The van der Waals surface area contributed by atoms with Crippen LogP contribution in [0.3, 0.4) is 0 Å². The zero-order chi connectivity index (χ0) is 21.8. The Morgan fingerprint density at radius 3 is 2.71 bits per heavy atom. The third-order valence-corrected chi connectivity index (χ3v) is 7.86. The number of hydrogen-bond acceptors (Lipinski definition) is 7. The van der Waals surface area contributed by atoms with Gasteiger partial charge < -0.3 is 5.32 Å². The van der Waals surface area contributed by atoms with E-state index in [1.807, 2.05) is 6.07 Å². The predicted octanol–water partition coefficient (Wildman–Crippen LogP) is 4.17. The van der Waals surface area contributed by atoms with Crippen molar-refractivity contribution in [2.75, 3.05) is 18.4 Å². The summed E-state index contributed by atoms with van der Waals surface area (Å²) in [6.07, 6.45) is 2.37. The molecule has 0 amide bonds. The maximum absolute atomic E-state index is 14.5. The van der Waals surface area contributed by atoms with Crippen LogP contribution in [0.4, 0.5) is 10.2 Å². The average molecular weight is 461 g/mol. The second kappa shape index (κ2) is 9.42. The molecule has 1 saturated heterocycles. The summed E-state index contributed by atoms with van der Waals surface area (Å²) in [7, 11) is -3.54. The van der Waals surface area contributed by atoms with Gasteiger partial charge in [0, 0.05) is 24.0 Å². The van der Waals surface area contributed by atoms with Gasteiger partial charge in [0.2, 0.25) is 0 Å². The number of hydrogen-bond donors (Lipinski definition) is 1. The summed E-state index contributed by atoms with van der Waals surface area (Å²) in [6.45, 7) is 4.77. The second-order valence-corrected chi connectivity index (χ2v) is 10.4. The number of nitrogens with zero attached hydrogens (tertiary/aromatic N) is 3. The molecule has 1 aliphatic rings. The Kier molecular flexibility index (Phi) is 6.64. The molecule has 0 atom stereocenters. The molecule has 0 radical (unpaired) electrons. The van der Waals surface area contributed by atoms with Crippen LogP contribution in [0.15, 0.2) is 46.1 Å². The molecule has 4 rings (SSSR count). The van der Waals surface area contributed by atoms with Crippen LogP contribution in [-0.2, 0) is 28.7 Å². The lowest BCUT2D eigenvalue weighted by atomic mass is 10.1. The number of thiazole rings is 1. The number of pyridine rings is 1. The molecule has 1 aliphatic heterocycles. The van der Waals surface area contributed by atoms with Crippen LogP contribution in [0.1, 0.15) is 35.4 Å². The Morgan fingerprint density at radius 1 is 1.19 bits per heavy atom. The van der Waals surface area contributed by atoms with Gasteiger partial charge in [-0.15, -0.1) is 11.3 Å². The summed E-state index contributed by atoms with van der Waals surface area (Å²) < 4.78 is 40.0. The second-order valence-electron chi connectivity index (χ2n) is 7.73. The lowest BCUT2D eigenvalue weighted by molar-refractivity contribution is 0.329. The number of aryl methyl sites for hydroxylation is 1. The first kappa shape index (κ1) is 21.9. The van der Waals surface area contributed by atoms with E-state index in [4.69, 9.17) is 0 Å². The molecule has 3 aromatic rings. The van der Waals surface area contributed by atoms with Crippen molar-refractivity contribution in [1.82, 2.24) is 14.9 Å². The number of rotatable bonds is 8. The minimum Gasteiger partial charge on any atom is -0.366 e. The van der Waals surface area contributed by atoms with Crippen LogP contribution < -0.4 is 5.32 Å². The van der Waals surface area contributed by atoms with Gasteiger partial charge in [-0.3, -0.25) is 4.90 Å². The summed E-state index contributed by atoms with van der Waals surface area (Å²) in [4.78, 5) is 11.0. The quantitative estimate of drug-likeness (QED) is 0.544. The molecule has 2 aromatic heterocycles. The van der Waals surface area contributed by atoms with Crippen molar-refractivity contribution in [1.29, 1.82) is 0 Å². The molecular formula is C22H25FN4O2S2. The summed E-state index contributed by atoms with van der Waals surface area (Å²) in [6, 6.07) is 8.36. The fourth-order valence-electron chi connectivity index (χ4n) is 3.87. The Hall–Kier alpha value is -2.36. The smallest absolute Gasteiger partial charge is 0.185 e. The molecule has 0 spiro atoms. The molecule has 1 N–H and O–H groups in total. The van der Waals surface area contributed by atoms with E-state index in [1.165, 1.54) is 30.2 Å². The number of aromatic nitrogens is 2. The Morgan fingerprint density at radius 2 is 2.00 bits per heavy atom. The van der Waals surface area contributed by atoms with Gasteiger partial charge in [-0.25, -0.2) is 22.8 Å². The Labute approximate surface area is 186 Å². The maximum Gasteiger partial charge on any atom is 0.185 e. The van der Waals surface area contributed by atoms with Crippen molar-refractivity contribution < 1.29 is 12.8 Å². The van der Waals surface area contributed by atoms with Crippen LogP contribution in [0.5, 0.6) is 0 Å². The van der Waals surface area contributed by atoms with Gasteiger partial charge in [0.1, 0.15) is 11.6 Å². The van der Waals surface area contributed by atoms with Gasteiger partial charge in [-0.2, -0.15) is 0 Å². The molecule has 0 bridgehead atoms. The summed E-state index contributed by atoms with van der Waals surface area (Å²) in [5.41, 5.74) is 4.13. The van der Waals surface area contributed by atoms with Crippen molar-refractivity contribution in [2.24, 2.45) is 0 Å². The molecule has 0 aliphatic carbocycles. The summed E-state index contributed by atoms with van der Waals surface area (Å²) in [5, 5.41) is 4.88. The number of benzene rings is 1.